The van der Waals surface area contributed by atoms with Crippen LogP contribution in [0.5, 0.6) is 5.75 Å². The number of carbonyl (C=O) groups is 2. The van der Waals surface area contributed by atoms with Gasteiger partial charge in [-0.2, -0.15) is 0 Å². The molecule has 182 valence electrons. The van der Waals surface area contributed by atoms with Crippen molar-refractivity contribution < 1.29 is 18.8 Å². The molecule has 0 saturated heterocycles. The molecule has 0 spiro atoms. The van der Waals surface area contributed by atoms with Crippen LogP contribution in [-0.4, -0.2) is 28.6 Å². The van der Waals surface area contributed by atoms with Crippen molar-refractivity contribution in [3.05, 3.63) is 99.0 Å². The van der Waals surface area contributed by atoms with Crippen LogP contribution >= 0.6 is 11.6 Å². The second-order valence-electron chi connectivity index (χ2n) is 8.31. The molecule has 10 heteroatoms. The minimum Gasteiger partial charge on any atom is -0.482 e. The van der Waals surface area contributed by atoms with Crippen molar-refractivity contribution in [2.45, 2.75) is 19.5 Å². The lowest BCUT2D eigenvalue weighted by Crippen LogP contribution is -2.40. The first-order valence-electron chi connectivity index (χ1n) is 11.2. The number of hydrogen-bond donors (Lipinski definition) is 2. The number of H-pyrrole nitrogens is 1. The van der Waals surface area contributed by atoms with E-state index in [1.54, 1.807) is 47.4 Å². The Morgan fingerprint density at radius 1 is 1.11 bits per heavy atom. The largest absolute Gasteiger partial charge is 0.482 e. The van der Waals surface area contributed by atoms with Crippen molar-refractivity contribution in [2.75, 3.05) is 11.5 Å². The van der Waals surface area contributed by atoms with Gasteiger partial charge >= 0.3 is 5.76 Å². The molecular formula is C26H21ClN4O5. The quantitative estimate of drug-likeness (QED) is 0.408. The number of aromatic nitrogens is 2. The van der Waals surface area contributed by atoms with Crippen LogP contribution in [-0.2, 0) is 11.3 Å². The zero-order valence-corrected chi connectivity index (χ0v) is 19.9. The number of nitrogens with zero attached hydrogens (tertiary/aromatic N) is 2. The third-order valence-corrected chi connectivity index (χ3v) is 6.14. The number of carbonyl (C=O) groups excluding carboxylic acids is 2. The Morgan fingerprint density at radius 3 is 2.56 bits per heavy atom. The van der Waals surface area contributed by atoms with E-state index < -0.39 is 5.76 Å². The molecule has 2 N–H and O–H groups in total. The van der Waals surface area contributed by atoms with Crippen molar-refractivity contribution in [1.82, 2.24) is 15.5 Å². The van der Waals surface area contributed by atoms with Gasteiger partial charge in [-0.3, -0.25) is 19.1 Å². The van der Waals surface area contributed by atoms with E-state index in [1.165, 1.54) is 0 Å². The Hall–Kier alpha value is -4.37. The van der Waals surface area contributed by atoms with E-state index in [9.17, 15) is 14.4 Å². The smallest absolute Gasteiger partial charge is 0.439 e. The topological polar surface area (TPSA) is 118 Å². The SMILES string of the molecule is C[C@H](NC(=O)c1cccc2c1N(Cc1ccc(Cl)cc1)C(=O)CO2)c1ccc(-c2noc(=O)[nH]2)cc1. The summed E-state index contributed by atoms with van der Waals surface area (Å²) >= 11 is 6.00. The van der Waals surface area contributed by atoms with E-state index in [0.29, 0.717) is 33.4 Å². The molecule has 2 amide bonds. The van der Waals surface area contributed by atoms with Crippen LogP contribution < -0.4 is 20.7 Å². The highest BCUT2D eigenvalue weighted by molar-refractivity contribution is 6.30. The van der Waals surface area contributed by atoms with Crippen molar-refractivity contribution in [3.8, 4) is 17.1 Å². The summed E-state index contributed by atoms with van der Waals surface area (Å²) in [6, 6.07) is 19.2. The monoisotopic (exact) mass is 504 g/mol. The third kappa shape index (κ3) is 4.73. The van der Waals surface area contributed by atoms with Gasteiger partial charge in [-0.15, -0.1) is 0 Å². The summed E-state index contributed by atoms with van der Waals surface area (Å²) in [5.41, 5.74) is 3.15. The highest BCUT2D eigenvalue weighted by Crippen LogP contribution is 2.37. The number of aromatic amines is 1. The van der Waals surface area contributed by atoms with Crippen LogP contribution in [0.25, 0.3) is 11.4 Å². The number of rotatable bonds is 6. The van der Waals surface area contributed by atoms with Gasteiger partial charge in [0.05, 0.1) is 23.8 Å². The number of nitrogens with one attached hydrogen (secondary N) is 2. The molecule has 0 unspecified atom stereocenters. The molecule has 3 aromatic carbocycles. The first kappa shape index (κ1) is 23.4. The maximum absolute atomic E-state index is 13.4. The van der Waals surface area contributed by atoms with E-state index in [4.69, 9.17) is 16.3 Å². The highest BCUT2D eigenvalue weighted by Gasteiger charge is 2.30. The summed E-state index contributed by atoms with van der Waals surface area (Å²) in [4.78, 5) is 41.4. The second-order valence-corrected chi connectivity index (χ2v) is 8.74. The summed E-state index contributed by atoms with van der Waals surface area (Å²) in [6.07, 6.45) is 0. The van der Waals surface area contributed by atoms with Gasteiger partial charge in [0, 0.05) is 10.6 Å². The minimum absolute atomic E-state index is 0.106. The summed E-state index contributed by atoms with van der Waals surface area (Å²) in [6.45, 7) is 2.02. The molecule has 0 radical (unpaired) electrons. The Bertz CT molecular complexity index is 1480. The van der Waals surface area contributed by atoms with Gasteiger partial charge in [0.2, 0.25) is 0 Å². The number of anilines is 1. The van der Waals surface area contributed by atoms with Crippen LogP contribution in [0.4, 0.5) is 5.69 Å². The summed E-state index contributed by atoms with van der Waals surface area (Å²) < 4.78 is 10.2. The molecule has 0 bridgehead atoms. The Morgan fingerprint density at radius 2 is 1.86 bits per heavy atom. The number of fused-ring (bicyclic) bond motifs is 1. The lowest BCUT2D eigenvalue weighted by atomic mass is 10.0. The van der Waals surface area contributed by atoms with Crippen LogP contribution in [0.15, 0.2) is 76.0 Å². The standard InChI is InChI=1S/C26H21ClN4O5/c1-15(17-7-9-18(10-8-17)24-29-26(34)36-30-24)28-25(33)20-3-2-4-21-23(20)31(22(32)14-35-21)13-16-5-11-19(27)12-6-16/h2-12,15H,13-14H2,1H3,(H,28,33)(H,29,30,34)/t15-/m0/s1. The Balaban J connectivity index is 1.38. The number of hydrogen-bond acceptors (Lipinski definition) is 6. The number of benzene rings is 3. The van der Waals surface area contributed by atoms with E-state index in [0.717, 1.165) is 11.1 Å². The van der Waals surface area contributed by atoms with E-state index in [2.05, 4.69) is 20.0 Å². The number of ether oxygens (including phenoxy) is 1. The van der Waals surface area contributed by atoms with Crippen LogP contribution in [0.1, 0.15) is 34.5 Å². The third-order valence-electron chi connectivity index (χ3n) is 5.89. The summed E-state index contributed by atoms with van der Waals surface area (Å²) in [7, 11) is 0. The van der Waals surface area contributed by atoms with Crippen molar-refractivity contribution >= 4 is 29.1 Å². The molecule has 0 aliphatic carbocycles. The van der Waals surface area contributed by atoms with Crippen LogP contribution in [0.3, 0.4) is 0 Å². The predicted octanol–water partition coefficient (Wildman–Crippen LogP) is 4.10. The van der Waals surface area contributed by atoms with Crippen molar-refractivity contribution in [3.63, 3.8) is 0 Å². The van der Waals surface area contributed by atoms with E-state index in [-0.39, 0.29) is 31.0 Å². The fraction of sp³-hybridized carbons (Fsp3) is 0.154. The molecule has 1 atom stereocenters. The van der Waals surface area contributed by atoms with E-state index >= 15 is 0 Å². The van der Waals surface area contributed by atoms with Gasteiger partial charge in [0.25, 0.3) is 11.8 Å². The van der Waals surface area contributed by atoms with Gasteiger partial charge in [0.15, 0.2) is 12.4 Å². The molecule has 4 aromatic rings. The van der Waals surface area contributed by atoms with Gasteiger partial charge < -0.3 is 15.0 Å². The maximum Gasteiger partial charge on any atom is 0.439 e. The molecule has 36 heavy (non-hydrogen) atoms. The lowest BCUT2D eigenvalue weighted by molar-refractivity contribution is -0.121. The molecule has 1 aromatic heterocycles. The molecule has 2 heterocycles. The van der Waals surface area contributed by atoms with Crippen LogP contribution in [0.2, 0.25) is 5.02 Å². The molecule has 1 aliphatic rings. The van der Waals surface area contributed by atoms with Crippen molar-refractivity contribution in [2.24, 2.45) is 0 Å². The normalized spacial score (nSPS) is 13.6. The fourth-order valence-corrected chi connectivity index (χ4v) is 4.15. The fourth-order valence-electron chi connectivity index (χ4n) is 4.02. The zero-order valence-electron chi connectivity index (χ0n) is 19.2. The average molecular weight is 505 g/mol. The first-order valence-corrected chi connectivity index (χ1v) is 11.5. The van der Waals surface area contributed by atoms with Gasteiger partial charge in [-0.05, 0) is 42.3 Å². The minimum atomic E-state index is -0.631. The first-order chi connectivity index (χ1) is 17.4. The van der Waals surface area contributed by atoms with Gasteiger partial charge in [-0.25, -0.2) is 4.79 Å². The Kier molecular flexibility index (Phi) is 6.30. The highest BCUT2D eigenvalue weighted by atomic mass is 35.5. The molecular weight excluding hydrogens is 484 g/mol. The summed E-state index contributed by atoms with van der Waals surface area (Å²) in [5, 5.41) is 7.27. The average Bonchev–Trinajstić information content (AvgIpc) is 3.32. The molecule has 0 saturated carbocycles. The number of amides is 2. The van der Waals surface area contributed by atoms with Crippen molar-refractivity contribution in [1.29, 1.82) is 0 Å². The van der Waals surface area contributed by atoms with E-state index in [1.807, 2.05) is 31.2 Å². The second kappa shape index (κ2) is 9.71. The number of para-hydroxylation sites is 1. The summed E-state index contributed by atoms with van der Waals surface area (Å²) in [5.74, 6) is -0.427. The zero-order chi connectivity index (χ0) is 25.2. The molecule has 5 rings (SSSR count). The maximum atomic E-state index is 13.4. The van der Waals surface area contributed by atoms with Crippen LogP contribution in [0, 0.1) is 0 Å². The Labute approximate surface area is 210 Å². The predicted molar refractivity (Wildman–Crippen MR) is 133 cm³/mol. The number of halogens is 1. The molecule has 9 nitrogen and oxygen atoms in total. The molecule has 0 fully saturated rings. The lowest BCUT2D eigenvalue weighted by Gasteiger charge is -2.31. The molecule has 1 aliphatic heterocycles. The van der Waals surface area contributed by atoms with Gasteiger partial charge in [0.1, 0.15) is 5.75 Å². The van der Waals surface area contributed by atoms with Gasteiger partial charge in [-0.1, -0.05) is 59.2 Å².